The van der Waals surface area contributed by atoms with Gasteiger partial charge in [-0.2, -0.15) is 0 Å². The maximum atomic E-state index is 12.1. The highest BCUT2D eigenvalue weighted by molar-refractivity contribution is 5.88. The van der Waals surface area contributed by atoms with Crippen molar-refractivity contribution in [2.45, 2.75) is 26.4 Å². The van der Waals surface area contributed by atoms with E-state index in [2.05, 4.69) is 0 Å². The molecule has 0 saturated heterocycles. The van der Waals surface area contributed by atoms with Gasteiger partial charge in [0.15, 0.2) is 0 Å². The van der Waals surface area contributed by atoms with Gasteiger partial charge in [-0.05, 0) is 50.6 Å². The van der Waals surface area contributed by atoms with Crippen molar-refractivity contribution in [3.05, 3.63) is 48.2 Å². The van der Waals surface area contributed by atoms with Gasteiger partial charge in [-0.1, -0.05) is 12.1 Å². The Morgan fingerprint density at radius 1 is 1.10 bits per heavy atom. The number of benzene rings is 1. The highest BCUT2D eigenvalue weighted by atomic mass is 16.6. The molecule has 0 unspecified atom stereocenters. The lowest BCUT2D eigenvalue weighted by Crippen LogP contribution is -2.27. The van der Waals surface area contributed by atoms with Gasteiger partial charge in [0, 0.05) is 6.20 Å². The van der Waals surface area contributed by atoms with Crippen LogP contribution in [0.5, 0.6) is 0 Å². The lowest BCUT2D eigenvalue weighted by molar-refractivity contribution is 0.0539. The normalized spacial score (nSPS) is 11.2. The summed E-state index contributed by atoms with van der Waals surface area (Å²) in [5, 5.41) is 8.90. The van der Waals surface area contributed by atoms with Crippen LogP contribution < -0.4 is 0 Å². The molecule has 0 amide bonds. The number of carbonyl (C=O) groups is 2. The third-order valence-corrected chi connectivity index (χ3v) is 2.77. The van der Waals surface area contributed by atoms with Gasteiger partial charge in [-0.25, -0.2) is 9.59 Å². The molecule has 0 aliphatic rings. The number of ether oxygens (including phenoxy) is 1. The van der Waals surface area contributed by atoms with Crippen LogP contribution in [-0.4, -0.2) is 27.3 Å². The topological polar surface area (TPSA) is 68.5 Å². The lowest BCUT2D eigenvalue weighted by atomic mass is 10.1. The zero-order chi connectivity index (χ0) is 15.6. The monoisotopic (exact) mass is 287 g/mol. The molecule has 5 nitrogen and oxygen atoms in total. The Labute approximate surface area is 122 Å². The number of carboxylic acid groups (broad SMARTS) is 1. The van der Waals surface area contributed by atoms with E-state index in [0.29, 0.717) is 5.69 Å². The van der Waals surface area contributed by atoms with Crippen molar-refractivity contribution in [3.63, 3.8) is 0 Å². The van der Waals surface area contributed by atoms with E-state index in [4.69, 9.17) is 9.84 Å². The molecule has 1 heterocycles. The van der Waals surface area contributed by atoms with Crippen LogP contribution in [0.15, 0.2) is 42.6 Å². The molecule has 0 aliphatic carbocycles. The predicted molar refractivity (Wildman–Crippen MR) is 78.5 cm³/mol. The van der Waals surface area contributed by atoms with Crippen molar-refractivity contribution in [2.75, 3.05) is 0 Å². The predicted octanol–water partition coefficient (Wildman–Crippen LogP) is 3.64. The summed E-state index contributed by atoms with van der Waals surface area (Å²) < 4.78 is 6.74. The van der Waals surface area contributed by atoms with E-state index < -0.39 is 17.7 Å². The Balaban J connectivity index is 2.32. The quantitative estimate of drug-likeness (QED) is 0.915. The molecule has 0 fully saturated rings. The van der Waals surface area contributed by atoms with Crippen LogP contribution in [-0.2, 0) is 4.74 Å². The molecule has 0 radical (unpaired) electrons. The number of aromatic nitrogens is 1. The summed E-state index contributed by atoms with van der Waals surface area (Å²) in [7, 11) is 0. The van der Waals surface area contributed by atoms with E-state index in [9.17, 15) is 9.59 Å². The second-order valence-electron chi connectivity index (χ2n) is 5.63. The minimum atomic E-state index is -0.982. The van der Waals surface area contributed by atoms with Crippen molar-refractivity contribution in [2.24, 2.45) is 0 Å². The molecule has 0 aliphatic heterocycles. The molecule has 2 aromatic rings. The summed E-state index contributed by atoms with van der Waals surface area (Å²) in [4.78, 5) is 23.0. The molecular weight excluding hydrogens is 270 g/mol. The molecule has 1 aromatic carbocycles. The van der Waals surface area contributed by atoms with Crippen LogP contribution in [0.2, 0.25) is 0 Å². The highest BCUT2D eigenvalue weighted by Gasteiger charge is 2.19. The van der Waals surface area contributed by atoms with Crippen molar-refractivity contribution < 1.29 is 19.4 Å². The maximum Gasteiger partial charge on any atom is 0.418 e. The van der Waals surface area contributed by atoms with Crippen LogP contribution in [0.25, 0.3) is 11.3 Å². The number of hydrogen-bond donors (Lipinski definition) is 1. The Morgan fingerprint density at radius 2 is 1.71 bits per heavy atom. The van der Waals surface area contributed by atoms with Crippen LogP contribution in [0, 0.1) is 0 Å². The van der Waals surface area contributed by atoms with Crippen LogP contribution in [0.3, 0.4) is 0 Å². The fraction of sp³-hybridized carbons (Fsp3) is 0.250. The third-order valence-electron chi connectivity index (χ3n) is 2.77. The first-order valence-corrected chi connectivity index (χ1v) is 6.52. The second kappa shape index (κ2) is 5.44. The minimum Gasteiger partial charge on any atom is -0.478 e. The Morgan fingerprint density at radius 3 is 2.24 bits per heavy atom. The SMILES string of the molecule is CC(C)(C)OC(=O)n1cccc1-c1ccc(C(=O)O)cc1. The van der Waals surface area contributed by atoms with Gasteiger partial charge in [-0.3, -0.25) is 4.57 Å². The molecule has 110 valence electrons. The summed E-state index contributed by atoms with van der Waals surface area (Å²) >= 11 is 0. The van der Waals surface area contributed by atoms with Crippen molar-refractivity contribution in [1.29, 1.82) is 0 Å². The molecule has 5 heteroatoms. The van der Waals surface area contributed by atoms with E-state index >= 15 is 0 Å². The number of carbonyl (C=O) groups excluding carboxylic acids is 1. The summed E-state index contributed by atoms with van der Waals surface area (Å²) in [6, 6.07) is 9.86. The van der Waals surface area contributed by atoms with E-state index in [0.717, 1.165) is 5.56 Å². The average molecular weight is 287 g/mol. The smallest absolute Gasteiger partial charge is 0.418 e. The number of carboxylic acids is 1. The van der Waals surface area contributed by atoms with Gasteiger partial charge in [0.1, 0.15) is 5.60 Å². The molecule has 0 atom stereocenters. The lowest BCUT2D eigenvalue weighted by Gasteiger charge is -2.20. The van der Waals surface area contributed by atoms with Crippen LogP contribution in [0.4, 0.5) is 4.79 Å². The zero-order valence-electron chi connectivity index (χ0n) is 12.2. The van der Waals surface area contributed by atoms with E-state index in [-0.39, 0.29) is 5.56 Å². The Bertz CT molecular complexity index is 662. The number of nitrogens with zero attached hydrogens (tertiary/aromatic N) is 1. The van der Waals surface area contributed by atoms with E-state index in [1.54, 1.807) is 51.2 Å². The molecule has 2 rings (SSSR count). The van der Waals surface area contributed by atoms with Crippen LogP contribution in [0.1, 0.15) is 31.1 Å². The molecule has 1 N–H and O–H groups in total. The first-order valence-electron chi connectivity index (χ1n) is 6.52. The molecule has 0 bridgehead atoms. The summed E-state index contributed by atoms with van der Waals surface area (Å²) in [6.45, 7) is 5.40. The number of hydrogen-bond acceptors (Lipinski definition) is 3. The number of aromatic carboxylic acids is 1. The first kappa shape index (κ1) is 14.8. The minimum absolute atomic E-state index is 0.203. The van der Waals surface area contributed by atoms with Crippen molar-refractivity contribution in [1.82, 2.24) is 4.57 Å². The molecule has 21 heavy (non-hydrogen) atoms. The zero-order valence-corrected chi connectivity index (χ0v) is 12.2. The number of rotatable bonds is 2. The fourth-order valence-corrected chi connectivity index (χ4v) is 1.87. The van der Waals surface area contributed by atoms with Gasteiger partial charge in [0.2, 0.25) is 0 Å². The molecule has 0 saturated carbocycles. The van der Waals surface area contributed by atoms with E-state index in [1.807, 2.05) is 0 Å². The maximum absolute atomic E-state index is 12.1. The Kier molecular flexibility index (Phi) is 3.84. The second-order valence-corrected chi connectivity index (χ2v) is 5.63. The van der Waals surface area contributed by atoms with Gasteiger partial charge in [-0.15, -0.1) is 0 Å². The largest absolute Gasteiger partial charge is 0.478 e. The van der Waals surface area contributed by atoms with Crippen molar-refractivity contribution >= 4 is 12.1 Å². The fourth-order valence-electron chi connectivity index (χ4n) is 1.87. The highest BCUT2D eigenvalue weighted by Crippen LogP contribution is 2.22. The first-order chi connectivity index (χ1) is 9.78. The third kappa shape index (κ3) is 3.51. The van der Waals surface area contributed by atoms with Crippen molar-refractivity contribution in [3.8, 4) is 11.3 Å². The van der Waals surface area contributed by atoms with Gasteiger partial charge < -0.3 is 9.84 Å². The summed E-state index contributed by atoms with van der Waals surface area (Å²) in [5.41, 5.74) is 1.03. The standard InChI is InChI=1S/C16H17NO4/c1-16(2,3)21-15(20)17-10-4-5-13(17)11-6-8-12(9-7-11)14(18)19/h4-10H,1-3H3,(H,18,19). The summed E-state index contributed by atoms with van der Waals surface area (Å²) in [6.07, 6.45) is 1.15. The van der Waals surface area contributed by atoms with Gasteiger partial charge in [0.05, 0.1) is 11.3 Å². The van der Waals surface area contributed by atoms with Gasteiger partial charge >= 0.3 is 12.1 Å². The van der Waals surface area contributed by atoms with Gasteiger partial charge in [0.25, 0.3) is 0 Å². The van der Waals surface area contributed by atoms with Crippen LogP contribution >= 0.6 is 0 Å². The average Bonchev–Trinajstić information content (AvgIpc) is 2.86. The molecule has 1 aromatic heterocycles. The summed E-state index contributed by atoms with van der Waals surface area (Å²) in [5.74, 6) is -0.982. The Hall–Kier alpha value is -2.56. The molecular formula is C16H17NO4. The molecule has 0 spiro atoms. The van der Waals surface area contributed by atoms with E-state index in [1.165, 1.54) is 16.7 Å².